The molecule has 1 aliphatic heterocycles. The van der Waals surface area contributed by atoms with Gasteiger partial charge in [0, 0.05) is 44.3 Å². The Bertz CT molecular complexity index is 490. The average Bonchev–Trinajstić information content (AvgIpc) is 2.48. The van der Waals surface area contributed by atoms with Crippen LogP contribution >= 0.6 is 23.8 Å². The minimum absolute atomic E-state index is 0.291. The Labute approximate surface area is 136 Å². The van der Waals surface area contributed by atoms with Gasteiger partial charge in [0.25, 0.3) is 0 Å². The predicted octanol–water partition coefficient (Wildman–Crippen LogP) is 2.88. The van der Waals surface area contributed by atoms with Gasteiger partial charge in [-0.1, -0.05) is 24.6 Å². The molecule has 1 aromatic rings. The topological polar surface area (TPSA) is 18.5 Å². The summed E-state index contributed by atoms with van der Waals surface area (Å²) in [5.74, 6) is -0.291. The van der Waals surface area contributed by atoms with Crippen LogP contribution in [-0.2, 0) is 6.54 Å². The van der Waals surface area contributed by atoms with Gasteiger partial charge in [-0.15, -0.1) is 0 Å². The largest absolute Gasteiger partial charge is 0.363 e. The number of thiocarbonyl (C=S) groups is 1. The molecule has 1 heterocycles. The second kappa shape index (κ2) is 7.92. The molecule has 0 radical (unpaired) electrons. The van der Waals surface area contributed by atoms with E-state index in [9.17, 15) is 4.39 Å². The smallest absolute Gasteiger partial charge is 0.169 e. The van der Waals surface area contributed by atoms with Crippen LogP contribution in [0.5, 0.6) is 0 Å². The zero-order valence-electron chi connectivity index (χ0n) is 12.2. The molecule has 2 rings (SSSR count). The molecule has 6 heteroatoms. The predicted molar refractivity (Wildman–Crippen MR) is 89.2 cm³/mol. The van der Waals surface area contributed by atoms with Crippen LogP contribution in [0.3, 0.4) is 0 Å². The van der Waals surface area contributed by atoms with Crippen molar-refractivity contribution in [2.75, 3.05) is 32.7 Å². The quantitative estimate of drug-likeness (QED) is 0.856. The van der Waals surface area contributed by atoms with Gasteiger partial charge in [0.05, 0.1) is 0 Å². The maximum Gasteiger partial charge on any atom is 0.169 e. The van der Waals surface area contributed by atoms with E-state index in [1.54, 1.807) is 6.07 Å². The van der Waals surface area contributed by atoms with E-state index >= 15 is 0 Å². The molecule has 21 heavy (non-hydrogen) atoms. The SMILES string of the molecule is CCCNC(=S)N1CCN(Cc2ccc(F)cc2Cl)CC1. The number of rotatable bonds is 4. The van der Waals surface area contributed by atoms with Gasteiger partial charge in [-0.25, -0.2) is 4.39 Å². The van der Waals surface area contributed by atoms with E-state index < -0.39 is 0 Å². The number of nitrogens with zero attached hydrogens (tertiary/aromatic N) is 2. The molecule has 1 aromatic carbocycles. The van der Waals surface area contributed by atoms with Gasteiger partial charge >= 0.3 is 0 Å². The lowest BCUT2D eigenvalue weighted by atomic mass is 10.2. The first-order valence-corrected chi connectivity index (χ1v) is 8.08. The summed E-state index contributed by atoms with van der Waals surface area (Å²) < 4.78 is 13.0. The number of piperazine rings is 1. The first kappa shape index (κ1) is 16.5. The van der Waals surface area contributed by atoms with Crippen molar-refractivity contribution in [3.8, 4) is 0 Å². The van der Waals surface area contributed by atoms with E-state index in [0.29, 0.717) is 5.02 Å². The highest BCUT2D eigenvalue weighted by atomic mass is 35.5. The van der Waals surface area contributed by atoms with Crippen molar-refractivity contribution in [3.63, 3.8) is 0 Å². The summed E-state index contributed by atoms with van der Waals surface area (Å²) in [6.45, 7) is 7.48. The molecule has 0 atom stereocenters. The Kier molecular flexibility index (Phi) is 6.21. The van der Waals surface area contributed by atoms with Crippen LogP contribution < -0.4 is 5.32 Å². The molecule has 0 bridgehead atoms. The Morgan fingerprint density at radius 1 is 1.33 bits per heavy atom. The van der Waals surface area contributed by atoms with Crippen molar-refractivity contribution in [1.29, 1.82) is 0 Å². The van der Waals surface area contributed by atoms with Crippen LogP contribution in [0.15, 0.2) is 18.2 Å². The summed E-state index contributed by atoms with van der Waals surface area (Å²) in [5, 5.41) is 4.60. The monoisotopic (exact) mass is 329 g/mol. The molecular formula is C15H21ClFN3S. The number of halogens is 2. The molecule has 1 N–H and O–H groups in total. The van der Waals surface area contributed by atoms with Gasteiger partial charge in [0.1, 0.15) is 5.82 Å². The van der Waals surface area contributed by atoms with E-state index in [1.807, 2.05) is 0 Å². The highest BCUT2D eigenvalue weighted by Crippen LogP contribution is 2.19. The average molecular weight is 330 g/mol. The first-order valence-electron chi connectivity index (χ1n) is 7.29. The van der Waals surface area contributed by atoms with E-state index in [4.69, 9.17) is 23.8 Å². The lowest BCUT2D eigenvalue weighted by Gasteiger charge is -2.36. The third kappa shape index (κ3) is 4.80. The summed E-state index contributed by atoms with van der Waals surface area (Å²) in [4.78, 5) is 4.52. The van der Waals surface area contributed by atoms with Crippen LogP contribution in [0.2, 0.25) is 5.02 Å². The van der Waals surface area contributed by atoms with Crippen molar-refractivity contribution in [3.05, 3.63) is 34.6 Å². The number of hydrogen-bond acceptors (Lipinski definition) is 2. The fraction of sp³-hybridized carbons (Fsp3) is 0.533. The van der Waals surface area contributed by atoms with Gasteiger partial charge in [0.2, 0.25) is 0 Å². The third-order valence-corrected chi connectivity index (χ3v) is 4.35. The number of nitrogens with one attached hydrogen (secondary N) is 1. The van der Waals surface area contributed by atoms with Gasteiger partial charge in [0.15, 0.2) is 5.11 Å². The molecule has 116 valence electrons. The number of benzene rings is 1. The van der Waals surface area contributed by atoms with Crippen LogP contribution in [0, 0.1) is 5.82 Å². The minimum atomic E-state index is -0.291. The summed E-state index contributed by atoms with van der Waals surface area (Å²) in [7, 11) is 0. The van der Waals surface area contributed by atoms with Gasteiger partial charge in [-0.2, -0.15) is 0 Å². The van der Waals surface area contributed by atoms with Crippen molar-refractivity contribution in [2.24, 2.45) is 0 Å². The molecule has 0 spiro atoms. The van der Waals surface area contributed by atoms with E-state index in [1.165, 1.54) is 12.1 Å². The van der Waals surface area contributed by atoms with Crippen molar-refractivity contribution in [2.45, 2.75) is 19.9 Å². The fourth-order valence-electron chi connectivity index (χ4n) is 2.34. The summed E-state index contributed by atoms with van der Waals surface area (Å²) in [6.07, 6.45) is 1.07. The maximum absolute atomic E-state index is 13.0. The van der Waals surface area contributed by atoms with Gasteiger partial charge in [-0.3, -0.25) is 4.90 Å². The molecule has 0 amide bonds. The van der Waals surface area contributed by atoms with E-state index in [-0.39, 0.29) is 5.82 Å². The Hall–Kier alpha value is -0.910. The van der Waals surface area contributed by atoms with Crippen molar-refractivity contribution < 1.29 is 4.39 Å². The third-order valence-electron chi connectivity index (χ3n) is 3.59. The molecule has 1 fully saturated rings. The summed E-state index contributed by atoms with van der Waals surface area (Å²) in [5.41, 5.74) is 0.971. The first-order chi connectivity index (χ1) is 10.1. The molecule has 0 saturated carbocycles. The highest BCUT2D eigenvalue weighted by molar-refractivity contribution is 7.80. The molecule has 3 nitrogen and oxygen atoms in total. The van der Waals surface area contributed by atoms with E-state index in [0.717, 1.165) is 56.4 Å². The van der Waals surface area contributed by atoms with Crippen LogP contribution in [0.1, 0.15) is 18.9 Å². The van der Waals surface area contributed by atoms with Gasteiger partial charge < -0.3 is 10.2 Å². The van der Waals surface area contributed by atoms with Crippen molar-refractivity contribution in [1.82, 2.24) is 15.1 Å². The molecule has 0 unspecified atom stereocenters. The van der Waals surface area contributed by atoms with Crippen LogP contribution in [0.25, 0.3) is 0 Å². The Balaban J connectivity index is 1.82. The molecule has 0 aromatic heterocycles. The molecule has 1 saturated heterocycles. The Morgan fingerprint density at radius 2 is 2.05 bits per heavy atom. The Morgan fingerprint density at radius 3 is 2.67 bits per heavy atom. The second-order valence-corrected chi connectivity index (χ2v) is 6.02. The number of hydrogen-bond donors (Lipinski definition) is 1. The van der Waals surface area contributed by atoms with E-state index in [2.05, 4.69) is 22.0 Å². The molecule has 1 aliphatic rings. The van der Waals surface area contributed by atoms with Crippen LogP contribution in [-0.4, -0.2) is 47.6 Å². The summed E-state index contributed by atoms with van der Waals surface area (Å²) >= 11 is 11.5. The zero-order valence-corrected chi connectivity index (χ0v) is 13.8. The minimum Gasteiger partial charge on any atom is -0.363 e. The lowest BCUT2D eigenvalue weighted by molar-refractivity contribution is 0.174. The maximum atomic E-state index is 13.0. The highest BCUT2D eigenvalue weighted by Gasteiger charge is 2.19. The lowest BCUT2D eigenvalue weighted by Crippen LogP contribution is -2.51. The normalized spacial score (nSPS) is 16.0. The molecular weight excluding hydrogens is 309 g/mol. The van der Waals surface area contributed by atoms with Gasteiger partial charge in [-0.05, 0) is 36.3 Å². The van der Waals surface area contributed by atoms with Crippen molar-refractivity contribution >= 4 is 28.9 Å². The standard InChI is InChI=1S/C15H21ClFN3S/c1-2-5-18-15(21)20-8-6-19(7-9-20)11-12-3-4-13(17)10-14(12)16/h3-4,10H,2,5-9,11H2,1H3,(H,18,21). The summed E-state index contributed by atoms with van der Waals surface area (Å²) in [6, 6.07) is 4.59. The fourth-order valence-corrected chi connectivity index (χ4v) is 2.86. The van der Waals surface area contributed by atoms with Crippen LogP contribution in [0.4, 0.5) is 4.39 Å². The second-order valence-electron chi connectivity index (χ2n) is 5.23. The molecule has 0 aliphatic carbocycles. The zero-order chi connectivity index (χ0) is 15.2.